The number of hydrogen-bond donors (Lipinski definition) is 0. The highest BCUT2D eigenvalue weighted by Gasteiger charge is 2.08. The van der Waals surface area contributed by atoms with Crippen molar-refractivity contribution in [2.75, 3.05) is 13.2 Å². The first kappa shape index (κ1) is 11.8. The number of carbonyl (C=O) groups is 1. The summed E-state index contributed by atoms with van der Waals surface area (Å²) in [6, 6.07) is 2.97. The molecular formula is C10H12ClNO3. The fraction of sp³-hybridized carbons (Fsp3) is 0.400. The molecule has 0 aliphatic rings. The van der Waals surface area contributed by atoms with Gasteiger partial charge in [-0.05, 0) is 25.4 Å². The maximum absolute atomic E-state index is 11.0. The van der Waals surface area contributed by atoms with Crippen LogP contribution >= 0.6 is 11.6 Å². The Balaban J connectivity index is 3.02. The molecule has 1 rings (SSSR count). The zero-order valence-corrected chi connectivity index (χ0v) is 9.37. The van der Waals surface area contributed by atoms with E-state index in [1.165, 1.54) is 12.1 Å². The first-order valence-electron chi connectivity index (χ1n) is 4.64. The normalized spacial score (nSPS) is 9.80. The van der Waals surface area contributed by atoms with E-state index in [1.807, 2.05) is 13.8 Å². The second kappa shape index (κ2) is 5.56. The lowest BCUT2D eigenvalue weighted by atomic mass is 10.3. The Morgan fingerprint density at radius 1 is 1.27 bits per heavy atom. The predicted molar refractivity (Wildman–Crippen MR) is 56.8 cm³/mol. The van der Waals surface area contributed by atoms with Crippen LogP contribution in [0.25, 0.3) is 0 Å². The van der Waals surface area contributed by atoms with Gasteiger partial charge in [0.15, 0.2) is 0 Å². The molecule has 0 amide bonds. The number of halogens is 1. The molecule has 4 nitrogen and oxygen atoms in total. The van der Waals surface area contributed by atoms with Crippen LogP contribution in [0.2, 0.25) is 0 Å². The molecule has 0 fully saturated rings. The van der Waals surface area contributed by atoms with E-state index in [0.717, 1.165) is 0 Å². The summed E-state index contributed by atoms with van der Waals surface area (Å²) in [7, 11) is 0. The Labute approximate surface area is 93.2 Å². The molecule has 0 saturated heterocycles. The Bertz CT molecular complexity index is 330. The third kappa shape index (κ3) is 3.40. The van der Waals surface area contributed by atoms with Gasteiger partial charge in [0.2, 0.25) is 11.8 Å². The van der Waals surface area contributed by atoms with E-state index in [0.29, 0.717) is 30.5 Å². The van der Waals surface area contributed by atoms with E-state index >= 15 is 0 Å². The SMILES string of the molecule is CCOc1cc(C(=O)Cl)cc(OCC)n1. The zero-order chi connectivity index (χ0) is 11.3. The summed E-state index contributed by atoms with van der Waals surface area (Å²) in [5, 5.41) is -0.556. The van der Waals surface area contributed by atoms with E-state index < -0.39 is 5.24 Å². The molecule has 1 aromatic rings. The van der Waals surface area contributed by atoms with Crippen molar-refractivity contribution in [3.8, 4) is 11.8 Å². The fourth-order valence-electron chi connectivity index (χ4n) is 1.04. The summed E-state index contributed by atoms with van der Waals surface area (Å²) in [6.07, 6.45) is 0. The molecule has 0 saturated carbocycles. The van der Waals surface area contributed by atoms with Crippen LogP contribution in [0.3, 0.4) is 0 Å². The van der Waals surface area contributed by atoms with Crippen molar-refractivity contribution in [2.45, 2.75) is 13.8 Å². The monoisotopic (exact) mass is 229 g/mol. The van der Waals surface area contributed by atoms with Crippen LogP contribution in [0.15, 0.2) is 12.1 Å². The highest BCUT2D eigenvalue weighted by molar-refractivity contribution is 6.67. The summed E-state index contributed by atoms with van der Waals surface area (Å²) in [5.41, 5.74) is 0.318. The van der Waals surface area contributed by atoms with Crippen LogP contribution in [0.1, 0.15) is 24.2 Å². The molecule has 0 aliphatic carbocycles. The van der Waals surface area contributed by atoms with Gasteiger partial charge in [0, 0.05) is 17.7 Å². The minimum atomic E-state index is -0.556. The quantitative estimate of drug-likeness (QED) is 0.727. The number of aromatic nitrogens is 1. The maximum Gasteiger partial charge on any atom is 0.252 e. The van der Waals surface area contributed by atoms with Gasteiger partial charge in [0.1, 0.15) is 0 Å². The fourth-order valence-corrected chi connectivity index (χ4v) is 1.15. The smallest absolute Gasteiger partial charge is 0.252 e. The number of nitrogens with zero attached hydrogens (tertiary/aromatic N) is 1. The molecule has 0 aliphatic heterocycles. The minimum Gasteiger partial charge on any atom is -0.478 e. The lowest BCUT2D eigenvalue weighted by Crippen LogP contribution is -2.01. The lowest BCUT2D eigenvalue weighted by molar-refractivity contribution is 0.108. The number of ether oxygens (including phenoxy) is 2. The molecule has 0 bridgehead atoms. The average molecular weight is 230 g/mol. The first-order valence-corrected chi connectivity index (χ1v) is 5.02. The van der Waals surface area contributed by atoms with Crippen molar-refractivity contribution in [3.63, 3.8) is 0 Å². The van der Waals surface area contributed by atoms with E-state index in [4.69, 9.17) is 21.1 Å². The van der Waals surface area contributed by atoms with Crippen LogP contribution in [0, 0.1) is 0 Å². The van der Waals surface area contributed by atoms with E-state index in [9.17, 15) is 4.79 Å². The van der Waals surface area contributed by atoms with Crippen molar-refractivity contribution in [3.05, 3.63) is 17.7 Å². The van der Waals surface area contributed by atoms with Crippen molar-refractivity contribution >= 4 is 16.8 Å². The van der Waals surface area contributed by atoms with Crippen molar-refractivity contribution in [1.29, 1.82) is 0 Å². The highest BCUT2D eigenvalue weighted by Crippen LogP contribution is 2.19. The summed E-state index contributed by atoms with van der Waals surface area (Å²) < 4.78 is 10.4. The van der Waals surface area contributed by atoms with Gasteiger partial charge in [-0.2, -0.15) is 4.98 Å². The number of hydrogen-bond acceptors (Lipinski definition) is 4. The van der Waals surface area contributed by atoms with Crippen LogP contribution < -0.4 is 9.47 Å². The van der Waals surface area contributed by atoms with Gasteiger partial charge in [-0.25, -0.2) is 0 Å². The minimum absolute atomic E-state index is 0.318. The highest BCUT2D eigenvalue weighted by atomic mass is 35.5. The number of rotatable bonds is 5. The van der Waals surface area contributed by atoms with E-state index in [1.54, 1.807) is 0 Å². The Morgan fingerprint density at radius 2 is 1.73 bits per heavy atom. The third-order valence-electron chi connectivity index (χ3n) is 1.59. The molecule has 0 N–H and O–H groups in total. The van der Waals surface area contributed by atoms with Gasteiger partial charge in [-0.3, -0.25) is 4.79 Å². The number of pyridine rings is 1. The van der Waals surface area contributed by atoms with Gasteiger partial charge in [-0.15, -0.1) is 0 Å². The van der Waals surface area contributed by atoms with E-state index in [2.05, 4.69) is 4.98 Å². The van der Waals surface area contributed by atoms with Gasteiger partial charge in [-0.1, -0.05) is 0 Å². The second-order valence-electron chi connectivity index (χ2n) is 2.67. The molecule has 0 aromatic carbocycles. The van der Waals surface area contributed by atoms with Gasteiger partial charge >= 0.3 is 0 Å². The molecule has 0 spiro atoms. The molecule has 0 atom stereocenters. The van der Waals surface area contributed by atoms with Crippen LogP contribution in [-0.2, 0) is 0 Å². The summed E-state index contributed by atoms with van der Waals surface area (Å²) >= 11 is 5.37. The van der Waals surface area contributed by atoms with Crippen molar-refractivity contribution in [2.24, 2.45) is 0 Å². The Morgan fingerprint density at radius 3 is 2.07 bits per heavy atom. The van der Waals surface area contributed by atoms with Crippen LogP contribution in [-0.4, -0.2) is 23.4 Å². The van der Waals surface area contributed by atoms with Gasteiger partial charge in [0.25, 0.3) is 5.24 Å². The maximum atomic E-state index is 11.0. The molecule has 82 valence electrons. The zero-order valence-electron chi connectivity index (χ0n) is 8.62. The van der Waals surface area contributed by atoms with Crippen LogP contribution in [0.5, 0.6) is 11.8 Å². The predicted octanol–water partition coefficient (Wildman–Crippen LogP) is 2.26. The topological polar surface area (TPSA) is 48.4 Å². The van der Waals surface area contributed by atoms with Crippen molar-refractivity contribution < 1.29 is 14.3 Å². The standard InChI is InChI=1S/C10H12ClNO3/c1-3-14-8-5-7(10(11)13)6-9(12-8)15-4-2/h5-6H,3-4H2,1-2H3. The first-order chi connectivity index (χ1) is 7.17. The summed E-state index contributed by atoms with van der Waals surface area (Å²) in [6.45, 7) is 4.60. The molecule has 1 aromatic heterocycles. The van der Waals surface area contributed by atoms with Gasteiger partial charge in [0.05, 0.1) is 13.2 Å². The van der Waals surface area contributed by atoms with Gasteiger partial charge < -0.3 is 9.47 Å². The average Bonchev–Trinajstić information content (AvgIpc) is 2.18. The summed E-state index contributed by atoms with van der Waals surface area (Å²) in [4.78, 5) is 15.0. The molecular weight excluding hydrogens is 218 g/mol. The second-order valence-corrected chi connectivity index (χ2v) is 3.02. The molecule has 5 heteroatoms. The largest absolute Gasteiger partial charge is 0.478 e. The van der Waals surface area contributed by atoms with Crippen LogP contribution in [0.4, 0.5) is 0 Å². The molecule has 1 heterocycles. The lowest BCUT2D eigenvalue weighted by Gasteiger charge is -2.07. The molecule has 15 heavy (non-hydrogen) atoms. The Kier molecular flexibility index (Phi) is 4.37. The Hall–Kier alpha value is -1.29. The molecule has 0 unspecified atom stereocenters. The van der Waals surface area contributed by atoms with Crippen molar-refractivity contribution in [1.82, 2.24) is 4.98 Å². The summed E-state index contributed by atoms with van der Waals surface area (Å²) in [5.74, 6) is 0.680. The molecule has 0 radical (unpaired) electrons. The number of carbonyl (C=O) groups excluding carboxylic acids is 1. The van der Waals surface area contributed by atoms with E-state index in [-0.39, 0.29) is 0 Å². The third-order valence-corrected chi connectivity index (χ3v) is 1.81.